The van der Waals surface area contributed by atoms with E-state index in [9.17, 15) is 5.11 Å². The minimum absolute atomic E-state index is 0.102. The molecule has 0 aliphatic heterocycles. The molecule has 0 saturated carbocycles. The predicted octanol–water partition coefficient (Wildman–Crippen LogP) is 5.04. The molecule has 0 heterocycles. The van der Waals surface area contributed by atoms with Gasteiger partial charge in [0.05, 0.1) is 0 Å². The Balaban J connectivity index is 2.30. The summed E-state index contributed by atoms with van der Waals surface area (Å²) in [6, 6.07) is 22.4. The van der Waals surface area contributed by atoms with E-state index < -0.39 is 0 Å². The average Bonchev–Trinajstić information content (AvgIpc) is 2.47. The number of fused-ring (bicyclic) bond motifs is 1. The predicted molar refractivity (Wildman–Crippen MR) is 81.0 cm³/mol. The van der Waals surface area contributed by atoms with Gasteiger partial charge in [-0.3, -0.25) is 0 Å². The van der Waals surface area contributed by atoms with E-state index >= 15 is 0 Å². The summed E-state index contributed by atoms with van der Waals surface area (Å²) in [7, 11) is 0. The molecule has 0 bridgehead atoms. The third kappa shape index (κ3) is 2.11. The van der Waals surface area contributed by atoms with Crippen molar-refractivity contribution in [2.75, 3.05) is 0 Å². The highest BCUT2D eigenvalue weighted by Gasteiger charge is 2.05. The molecule has 3 rings (SSSR count). The SMILES string of the molecule is C=C(O)c1ccc2cccc(-c3ccccc3)c2c1. The van der Waals surface area contributed by atoms with Gasteiger partial charge in [0.1, 0.15) is 5.76 Å². The number of aliphatic hydroxyl groups excluding tert-OH is 1. The Morgan fingerprint density at radius 3 is 2.37 bits per heavy atom. The second-order valence-electron chi connectivity index (χ2n) is 4.55. The first-order chi connectivity index (χ1) is 9.25. The smallest absolute Gasteiger partial charge is 0.115 e. The van der Waals surface area contributed by atoms with E-state index in [1.54, 1.807) is 0 Å². The topological polar surface area (TPSA) is 20.2 Å². The van der Waals surface area contributed by atoms with Crippen molar-refractivity contribution >= 4 is 16.5 Å². The lowest BCUT2D eigenvalue weighted by molar-refractivity contribution is 0.514. The summed E-state index contributed by atoms with van der Waals surface area (Å²) in [4.78, 5) is 0. The third-order valence-corrected chi connectivity index (χ3v) is 3.30. The van der Waals surface area contributed by atoms with E-state index in [1.165, 1.54) is 11.1 Å². The molecule has 0 atom stereocenters. The summed E-state index contributed by atoms with van der Waals surface area (Å²) in [5.74, 6) is 0.102. The highest BCUT2D eigenvalue weighted by Crippen LogP contribution is 2.30. The van der Waals surface area contributed by atoms with Gasteiger partial charge in [0, 0.05) is 5.56 Å². The van der Waals surface area contributed by atoms with Gasteiger partial charge in [-0.25, -0.2) is 0 Å². The van der Waals surface area contributed by atoms with E-state index in [-0.39, 0.29) is 5.76 Å². The molecule has 0 aromatic heterocycles. The van der Waals surface area contributed by atoms with Gasteiger partial charge in [0.15, 0.2) is 0 Å². The van der Waals surface area contributed by atoms with Crippen LogP contribution < -0.4 is 0 Å². The molecule has 19 heavy (non-hydrogen) atoms. The lowest BCUT2D eigenvalue weighted by atomic mass is 9.96. The second kappa shape index (κ2) is 4.62. The molecule has 3 aromatic rings. The fourth-order valence-electron chi connectivity index (χ4n) is 2.32. The number of rotatable bonds is 2. The van der Waals surface area contributed by atoms with Crippen LogP contribution in [0.5, 0.6) is 0 Å². The first-order valence-corrected chi connectivity index (χ1v) is 6.22. The Morgan fingerprint density at radius 2 is 1.63 bits per heavy atom. The molecule has 0 saturated heterocycles. The van der Waals surface area contributed by atoms with E-state index in [0.717, 1.165) is 16.3 Å². The maximum absolute atomic E-state index is 9.55. The molecule has 1 heteroatoms. The summed E-state index contributed by atoms with van der Waals surface area (Å²) in [6.07, 6.45) is 0. The molecule has 1 nitrogen and oxygen atoms in total. The summed E-state index contributed by atoms with van der Waals surface area (Å²) < 4.78 is 0. The van der Waals surface area contributed by atoms with Gasteiger partial charge in [0.25, 0.3) is 0 Å². The van der Waals surface area contributed by atoms with Crippen molar-refractivity contribution in [1.82, 2.24) is 0 Å². The Morgan fingerprint density at radius 1 is 0.842 bits per heavy atom. The van der Waals surface area contributed by atoms with E-state index in [2.05, 4.69) is 36.9 Å². The Kier molecular flexibility index (Phi) is 2.81. The fourth-order valence-corrected chi connectivity index (χ4v) is 2.32. The van der Waals surface area contributed by atoms with Crippen LogP contribution in [-0.4, -0.2) is 5.11 Å². The van der Waals surface area contributed by atoms with Crippen molar-refractivity contribution in [1.29, 1.82) is 0 Å². The zero-order chi connectivity index (χ0) is 13.2. The zero-order valence-corrected chi connectivity index (χ0v) is 10.5. The third-order valence-electron chi connectivity index (χ3n) is 3.30. The molecule has 92 valence electrons. The lowest BCUT2D eigenvalue weighted by Gasteiger charge is -2.08. The summed E-state index contributed by atoms with van der Waals surface area (Å²) in [6.45, 7) is 3.59. The minimum atomic E-state index is 0.102. The van der Waals surface area contributed by atoms with Gasteiger partial charge in [0.2, 0.25) is 0 Å². The van der Waals surface area contributed by atoms with Gasteiger partial charge in [-0.05, 0) is 28.0 Å². The quantitative estimate of drug-likeness (QED) is 0.628. The molecule has 0 spiro atoms. The Bertz CT molecular complexity index is 742. The van der Waals surface area contributed by atoms with Gasteiger partial charge in [-0.15, -0.1) is 0 Å². The molecule has 0 aliphatic rings. The largest absolute Gasteiger partial charge is 0.508 e. The monoisotopic (exact) mass is 246 g/mol. The molecular weight excluding hydrogens is 232 g/mol. The second-order valence-corrected chi connectivity index (χ2v) is 4.55. The number of aliphatic hydroxyl groups is 1. The number of benzene rings is 3. The Labute approximate surface area is 112 Å². The summed E-state index contributed by atoms with van der Waals surface area (Å²) in [5.41, 5.74) is 3.10. The van der Waals surface area contributed by atoms with Crippen LogP contribution in [0.2, 0.25) is 0 Å². The normalized spacial score (nSPS) is 10.5. The van der Waals surface area contributed by atoms with Crippen molar-refractivity contribution in [2.24, 2.45) is 0 Å². The van der Waals surface area contributed by atoms with Crippen molar-refractivity contribution in [3.05, 3.63) is 78.9 Å². The van der Waals surface area contributed by atoms with E-state index in [4.69, 9.17) is 0 Å². The van der Waals surface area contributed by atoms with Gasteiger partial charge in [-0.2, -0.15) is 0 Å². The maximum atomic E-state index is 9.55. The molecule has 0 amide bonds. The maximum Gasteiger partial charge on any atom is 0.115 e. The molecule has 0 radical (unpaired) electrons. The highest BCUT2D eigenvalue weighted by molar-refractivity contribution is 5.98. The van der Waals surface area contributed by atoms with Crippen molar-refractivity contribution < 1.29 is 5.11 Å². The van der Waals surface area contributed by atoms with Crippen LogP contribution in [0.1, 0.15) is 5.56 Å². The molecule has 1 N–H and O–H groups in total. The number of hydrogen-bond acceptors (Lipinski definition) is 1. The van der Waals surface area contributed by atoms with Crippen LogP contribution in [0.15, 0.2) is 73.3 Å². The van der Waals surface area contributed by atoms with Crippen molar-refractivity contribution in [3.8, 4) is 11.1 Å². The van der Waals surface area contributed by atoms with E-state index in [0.29, 0.717) is 0 Å². The van der Waals surface area contributed by atoms with E-state index in [1.807, 2.05) is 36.4 Å². The molecular formula is C18H14O. The van der Waals surface area contributed by atoms with Crippen LogP contribution in [0.25, 0.3) is 27.7 Å². The lowest BCUT2D eigenvalue weighted by Crippen LogP contribution is -1.85. The first kappa shape index (κ1) is 11.5. The summed E-state index contributed by atoms with van der Waals surface area (Å²) in [5, 5.41) is 11.8. The zero-order valence-electron chi connectivity index (χ0n) is 10.5. The first-order valence-electron chi connectivity index (χ1n) is 6.22. The average molecular weight is 246 g/mol. The minimum Gasteiger partial charge on any atom is -0.508 e. The van der Waals surface area contributed by atoms with Crippen LogP contribution in [0.3, 0.4) is 0 Å². The van der Waals surface area contributed by atoms with Gasteiger partial charge in [-0.1, -0.05) is 67.2 Å². The standard InChI is InChI=1S/C18H14O/c1-13(19)16-11-10-15-8-5-9-17(18(15)12-16)14-6-3-2-4-7-14/h2-12,19H,1H2. The van der Waals surface area contributed by atoms with Gasteiger partial charge < -0.3 is 5.11 Å². The Hall–Kier alpha value is -2.54. The van der Waals surface area contributed by atoms with Crippen LogP contribution in [0.4, 0.5) is 0 Å². The molecule has 0 fully saturated rings. The molecule has 3 aromatic carbocycles. The molecule has 0 unspecified atom stereocenters. The van der Waals surface area contributed by atoms with Gasteiger partial charge >= 0.3 is 0 Å². The van der Waals surface area contributed by atoms with Crippen LogP contribution in [-0.2, 0) is 0 Å². The fraction of sp³-hybridized carbons (Fsp3) is 0. The van der Waals surface area contributed by atoms with Crippen molar-refractivity contribution in [3.63, 3.8) is 0 Å². The van der Waals surface area contributed by atoms with Crippen LogP contribution in [0, 0.1) is 0 Å². The van der Waals surface area contributed by atoms with Crippen LogP contribution >= 0.6 is 0 Å². The van der Waals surface area contributed by atoms with Crippen molar-refractivity contribution in [2.45, 2.75) is 0 Å². The molecule has 0 aliphatic carbocycles. The summed E-state index contributed by atoms with van der Waals surface area (Å²) >= 11 is 0. The highest BCUT2D eigenvalue weighted by atomic mass is 16.3. The number of hydrogen-bond donors (Lipinski definition) is 1.